The molecule has 0 aromatic carbocycles. The predicted octanol–water partition coefficient (Wildman–Crippen LogP) is 2.87. The van der Waals surface area contributed by atoms with Crippen LogP contribution in [0.3, 0.4) is 0 Å². The highest BCUT2D eigenvalue weighted by atomic mass is 32.1. The van der Waals surface area contributed by atoms with E-state index in [0.29, 0.717) is 5.92 Å². The Morgan fingerprint density at radius 3 is 2.65 bits per heavy atom. The molecule has 20 heavy (non-hydrogen) atoms. The Bertz CT molecular complexity index is 435. The lowest BCUT2D eigenvalue weighted by Crippen LogP contribution is -2.40. The van der Waals surface area contributed by atoms with E-state index in [1.807, 2.05) is 11.3 Å². The SMILES string of the molecule is Cc1ccc(CC(C)NC(=O)C2CCC(CN)CC2)s1. The third-order valence-corrected chi connectivity index (χ3v) is 5.27. The largest absolute Gasteiger partial charge is 0.353 e. The highest BCUT2D eigenvalue weighted by Crippen LogP contribution is 2.28. The van der Waals surface area contributed by atoms with Gasteiger partial charge < -0.3 is 11.1 Å². The van der Waals surface area contributed by atoms with Crippen molar-refractivity contribution in [1.29, 1.82) is 0 Å². The smallest absolute Gasteiger partial charge is 0.223 e. The number of carbonyl (C=O) groups is 1. The molecular weight excluding hydrogens is 268 g/mol. The number of thiophene rings is 1. The van der Waals surface area contributed by atoms with Gasteiger partial charge in [-0.1, -0.05) is 0 Å². The monoisotopic (exact) mass is 294 g/mol. The van der Waals surface area contributed by atoms with E-state index in [1.54, 1.807) is 0 Å². The standard InChI is InChI=1S/C16H26N2OS/c1-11(9-15-8-3-12(2)20-15)18-16(19)14-6-4-13(10-17)5-7-14/h3,8,11,13-14H,4-7,9-10,17H2,1-2H3,(H,18,19). The molecule has 1 saturated carbocycles. The summed E-state index contributed by atoms with van der Waals surface area (Å²) in [6.45, 7) is 4.98. The molecule has 1 aromatic rings. The highest BCUT2D eigenvalue weighted by Gasteiger charge is 2.26. The number of aryl methyl sites for hydroxylation is 1. The molecule has 3 nitrogen and oxygen atoms in total. The summed E-state index contributed by atoms with van der Waals surface area (Å²) in [7, 11) is 0. The first-order valence-corrected chi connectivity index (χ1v) is 8.46. The van der Waals surface area contributed by atoms with Crippen LogP contribution in [0.2, 0.25) is 0 Å². The van der Waals surface area contributed by atoms with Gasteiger partial charge in [-0.25, -0.2) is 0 Å². The van der Waals surface area contributed by atoms with Gasteiger partial charge in [0, 0.05) is 28.1 Å². The maximum absolute atomic E-state index is 12.3. The van der Waals surface area contributed by atoms with Crippen molar-refractivity contribution in [3.8, 4) is 0 Å². The van der Waals surface area contributed by atoms with E-state index in [0.717, 1.165) is 38.6 Å². The highest BCUT2D eigenvalue weighted by molar-refractivity contribution is 7.11. The Kier molecular flexibility index (Phi) is 5.61. The summed E-state index contributed by atoms with van der Waals surface area (Å²) in [6, 6.07) is 4.52. The molecule has 1 fully saturated rings. The van der Waals surface area contributed by atoms with Crippen LogP contribution in [0.5, 0.6) is 0 Å². The fourth-order valence-electron chi connectivity index (χ4n) is 2.97. The van der Waals surface area contributed by atoms with Crippen LogP contribution in [0.25, 0.3) is 0 Å². The van der Waals surface area contributed by atoms with Gasteiger partial charge in [0.1, 0.15) is 0 Å². The zero-order valence-corrected chi connectivity index (χ0v) is 13.3. The number of rotatable bonds is 5. The molecule has 0 bridgehead atoms. The number of amides is 1. The van der Waals surface area contributed by atoms with Crippen molar-refractivity contribution in [2.24, 2.45) is 17.6 Å². The molecule has 1 unspecified atom stereocenters. The molecule has 0 radical (unpaired) electrons. The van der Waals surface area contributed by atoms with E-state index in [2.05, 4.69) is 31.3 Å². The summed E-state index contributed by atoms with van der Waals surface area (Å²) >= 11 is 1.82. The minimum Gasteiger partial charge on any atom is -0.353 e. The minimum absolute atomic E-state index is 0.199. The van der Waals surface area contributed by atoms with Crippen molar-refractivity contribution in [2.75, 3.05) is 6.54 Å². The second-order valence-corrected chi connectivity index (χ2v) is 7.45. The van der Waals surface area contributed by atoms with Gasteiger partial charge in [0.15, 0.2) is 0 Å². The van der Waals surface area contributed by atoms with E-state index in [-0.39, 0.29) is 17.9 Å². The second kappa shape index (κ2) is 7.23. The predicted molar refractivity (Wildman–Crippen MR) is 84.9 cm³/mol. The van der Waals surface area contributed by atoms with Crippen LogP contribution in [-0.2, 0) is 11.2 Å². The van der Waals surface area contributed by atoms with Gasteiger partial charge in [0.2, 0.25) is 5.91 Å². The van der Waals surface area contributed by atoms with Crippen LogP contribution in [0, 0.1) is 18.8 Å². The molecule has 112 valence electrons. The van der Waals surface area contributed by atoms with Gasteiger partial charge in [-0.15, -0.1) is 11.3 Å². The average molecular weight is 294 g/mol. The van der Waals surface area contributed by atoms with Crippen molar-refractivity contribution >= 4 is 17.2 Å². The molecule has 1 aromatic heterocycles. The Labute approximate surface area is 125 Å². The number of nitrogens with two attached hydrogens (primary N) is 1. The van der Waals surface area contributed by atoms with Crippen molar-refractivity contribution in [3.63, 3.8) is 0 Å². The Hall–Kier alpha value is -0.870. The van der Waals surface area contributed by atoms with Crippen molar-refractivity contribution in [2.45, 2.75) is 52.0 Å². The van der Waals surface area contributed by atoms with Crippen molar-refractivity contribution < 1.29 is 4.79 Å². The fraction of sp³-hybridized carbons (Fsp3) is 0.688. The first-order chi connectivity index (χ1) is 9.58. The van der Waals surface area contributed by atoms with E-state index < -0.39 is 0 Å². The third kappa shape index (κ3) is 4.32. The number of hydrogen-bond donors (Lipinski definition) is 2. The Balaban J connectivity index is 1.76. The lowest BCUT2D eigenvalue weighted by molar-refractivity contribution is -0.126. The van der Waals surface area contributed by atoms with E-state index >= 15 is 0 Å². The number of carbonyl (C=O) groups excluding carboxylic acids is 1. The topological polar surface area (TPSA) is 55.1 Å². The van der Waals surface area contributed by atoms with Crippen LogP contribution in [-0.4, -0.2) is 18.5 Å². The van der Waals surface area contributed by atoms with Crippen LogP contribution in [0.4, 0.5) is 0 Å². The van der Waals surface area contributed by atoms with E-state index in [1.165, 1.54) is 9.75 Å². The van der Waals surface area contributed by atoms with Gasteiger partial charge in [-0.3, -0.25) is 4.79 Å². The quantitative estimate of drug-likeness (QED) is 0.877. The van der Waals surface area contributed by atoms with Crippen LogP contribution >= 0.6 is 11.3 Å². The van der Waals surface area contributed by atoms with E-state index in [9.17, 15) is 4.79 Å². The summed E-state index contributed by atoms with van der Waals surface area (Å²) in [6.07, 6.45) is 5.14. The summed E-state index contributed by atoms with van der Waals surface area (Å²) in [5.41, 5.74) is 5.69. The fourth-order valence-corrected chi connectivity index (χ4v) is 3.99. The molecule has 1 heterocycles. The molecule has 4 heteroatoms. The van der Waals surface area contributed by atoms with Gasteiger partial charge in [-0.2, -0.15) is 0 Å². The van der Waals surface area contributed by atoms with Crippen molar-refractivity contribution in [1.82, 2.24) is 5.32 Å². The molecule has 3 N–H and O–H groups in total. The Morgan fingerprint density at radius 2 is 2.10 bits per heavy atom. The van der Waals surface area contributed by atoms with Crippen LogP contribution in [0.1, 0.15) is 42.4 Å². The lowest BCUT2D eigenvalue weighted by atomic mass is 9.81. The minimum atomic E-state index is 0.199. The zero-order valence-electron chi connectivity index (χ0n) is 12.5. The molecule has 0 aliphatic heterocycles. The molecule has 1 amide bonds. The van der Waals surface area contributed by atoms with Gasteiger partial charge in [-0.05, 0) is 64.1 Å². The normalized spacial score (nSPS) is 24.4. The average Bonchev–Trinajstić information content (AvgIpc) is 2.84. The van der Waals surface area contributed by atoms with Crippen LogP contribution < -0.4 is 11.1 Å². The van der Waals surface area contributed by atoms with Gasteiger partial charge in [0.25, 0.3) is 0 Å². The maximum atomic E-state index is 12.3. The Morgan fingerprint density at radius 1 is 1.40 bits per heavy atom. The second-order valence-electron chi connectivity index (χ2n) is 6.08. The molecule has 1 aliphatic rings. The zero-order chi connectivity index (χ0) is 14.5. The molecule has 2 rings (SSSR count). The first-order valence-electron chi connectivity index (χ1n) is 7.64. The van der Waals surface area contributed by atoms with E-state index in [4.69, 9.17) is 5.73 Å². The lowest BCUT2D eigenvalue weighted by Gasteiger charge is -2.27. The third-order valence-electron chi connectivity index (χ3n) is 4.24. The first kappa shape index (κ1) is 15.5. The summed E-state index contributed by atoms with van der Waals surface area (Å²) in [4.78, 5) is 14.9. The molecule has 1 atom stereocenters. The molecule has 1 aliphatic carbocycles. The van der Waals surface area contributed by atoms with Gasteiger partial charge >= 0.3 is 0 Å². The number of hydrogen-bond acceptors (Lipinski definition) is 3. The molecule has 0 saturated heterocycles. The summed E-state index contributed by atoms with van der Waals surface area (Å²) in [5.74, 6) is 1.07. The van der Waals surface area contributed by atoms with Gasteiger partial charge in [0.05, 0.1) is 0 Å². The van der Waals surface area contributed by atoms with Crippen LogP contribution in [0.15, 0.2) is 12.1 Å². The van der Waals surface area contributed by atoms with Crippen molar-refractivity contribution in [3.05, 3.63) is 21.9 Å². The maximum Gasteiger partial charge on any atom is 0.223 e. The molecule has 0 spiro atoms. The molecular formula is C16H26N2OS. The summed E-state index contributed by atoms with van der Waals surface area (Å²) in [5, 5.41) is 3.18. The number of nitrogens with one attached hydrogen (secondary N) is 1. The summed E-state index contributed by atoms with van der Waals surface area (Å²) < 4.78 is 0.